The molecule has 26 heavy (non-hydrogen) atoms. The molecule has 160 valence electrons. The zero-order chi connectivity index (χ0) is 18.6. The van der Waals surface area contributed by atoms with Gasteiger partial charge in [0.2, 0.25) is 0 Å². The highest BCUT2D eigenvalue weighted by Crippen LogP contribution is 2.15. The first kappa shape index (κ1) is 28.4. The number of rotatable bonds is 20. The van der Waals surface area contributed by atoms with E-state index in [1.165, 1.54) is 116 Å². The maximum Gasteiger partial charge on any atom is 0.102 e. The van der Waals surface area contributed by atoms with Crippen molar-refractivity contribution in [1.29, 1.82) is 0 Å². The number of aliphatic hydroxyl groups excluding tert-OH is 1. The molecule has 1 unspecified atom stereocenters. The van der Waals surface area contributed by atoms with Crippen LogP contribution in [0.2, 0.25) is 0 Å². The van der Waals surface area contributed by atoms with Gasteiger partial charge in [-0.1, -0.05) is 117 Å². The van der Waals surface area contributed by atoms with Crippen molar-refractivity contribution in [3.63, 3.8) is 0 Å². The molecule has 0 aromatic heterocycles. The van der Waals surface area contributed by atoms with Crippen molar-refractivity contribution in [3.8, 4) is 0 Å². The Morgan fingerprint density at radius 2 is 0.885 bits per heavy atom. The number of nitrogens with one attached hydrogen (secondary N) is 1. The van der Waals surface area contributed by atoms with Gasteiger partial charge in [-0.15, -0.1) is 12.4 Å². The molecule has 2 nitrogen and oxygen atoms in total. The maximum absolute atomic E-state index is 9.66. The molecule has 2 N–H and O–H groups in total. The Morgan fingerprint density at radius 3 is 1.19 bits per heavy atom. The van der Waals surface area contributed by atoms with E-state index in [9.17, 15) is 5.11 Å². The quantitative estimate of drug-likeness (QED) is 0.164. The van der Waals surface area contributed by atoms with E-state index in [0.29, 0.717) is 6.04 Å². The second-order valence-corrected chi connectivity index (χ2v) is 8.07. The summed E-state index contributed by atoms with van der Waals surface area (Å²) in [5.41, 5.74) is 0. The van der Waals surface area contributed by atoms with E-state index in [0.717, 1.165) is 0 Å². The Hall–Kier alpha value is 0.210. The molecule has 0 saturated heterocycles. The summed E-state index contributed by atoms with van der Waals surface area (Å²) in [6.07, 6.45) is 24.2. The highest BCUT2D eigenvalue weighted by molar-refractivity contribution is 5.85. The van der Waals surface area contributed by atoms with Crippen molar-refractivity contribution in [2.24, 2.45) is 0 Å². The van der Waals surface area contributed by atoms with E-state index in [-0.39, 0.29) is 18.6 Å². The number of unbranched alkanes of at least 4 members (excludes halogenated alkanes) is 14. The summed E-state index contributed by atoms with van der Waals surface area (Å²) < 4.78 is 0. The predicted octanol–water partition coefficient (Wildman–Crippen LogP) is 7.77. The van der Waals surface area contributed by atoms with Crippen molar-refractivity contribution < 1.29 is 5.11 Å². The van der Waals surface area contributed by atoms with Crippen LogP contribution in [0.1, 0.15) is 136 Å². The van der Waals surface area contributed by atoms with E-state index >= 15 is 0 Å². The van der Waals surface area contributed by atoms with Crippen LogP contribution in [0, 0.1) is 0 Å². The van der Waals surface area contributed by atoms with Gasteiger partial charge in [0, 0.05) is 6.04 Å². The highest BCUT2D eigenvalue weighted by Gasteiger charge is 2.10. The van der Waals surface area contributed by atoms with Crippen LogP contribution in [0.5, 0.6) is 0 Å². The number of aliphatic hydroxyl groups is 1. The molecule has 0 rings (SSSR count). The van der Waals surface area contributed by atoms with Gasteiger partial charge in [0.15, 0.2) is 0 Å². The Balaban J connectivity index is 0. The van der Waals surface area contributed by atoms with Crippen LogP contribution in [-0.2, 0) is 0 Å². The number of hydrogen-bond donors (Lipinski definition) is 2. The smallest absolute Gasteiger partial charge is 0.102 e. The molecule has 0 aliphatic rings. The van der Waals surface area contributed by atoms with Gasteiger partial charge in [-0.2, -0.15) is 0 Å². The molecular weight excluding hydrogens is 342 g/mol. The minimum atomic E-state index is -0.368. The van der Waals surface area contributed by atoms with Crippen molar-refractivity contribution in [2.75, 3.05) is 0 Å². The van der Waals surface area contributed by atoms with Crippen molar-refractivity contribution >= 4 is 12.4 Å². The first-order chi connectivity index (χ1) is 12.2. The van der Waals surface area contributed by atoms with E-state index in [1.807, 2.05) is 6.92 Å². The van der Waals surface area contributed by atoms with Crippen molar-refractivity contribution in [2.45, 2.75) is 149 Å². The summed E-state index contributed by atoms with van der Waals surface area (Å²) >= 11 is 0. The predicted molar refractivity (Wildman–Crippen MR) is 120 cm³/mol. The van der Waals surface area contributed by atoms with Crippen LogP contribution in [-0.4, -0.2) is 17.4 Å². The zero-order valence-corrected chi connectivity index (χ0v) is 19.1. The summed E-state index contributed by atoms with van der Waals surface area (Å²) in [5, 5.41) is 13.0. The van der Waals surface area contributed by atoms with Crippen molar-refractivity contribution in [1.82, 2.24) is 5.32 Å². The molecule has 0 radical (unpaired) electrons. The summed E-state index contributed by atoms with van der Waals surface area (Å²) in [6, 6.07) is 0.514. The monoisotopic (exact) mass is 391 g/mol. The molecule has 0 fully saturated rings. The molecule has 0 amide bonds. The van der Waals surface area contributed by atoms with Gasteiger partial charge in [0.05, 0.1) is 0 Å². The molecule has 3 heteroatoms. The summed E-state index contributed by atoms with van der Waals surface area (Å²) in [4.78, 5) is 0. The lowest BCUT2D eigenvalue weighted by molar-refractivity contribution is 0.134. The minimum Gasteiger partial charge on any atom is -0.379 e. The van der Waals surface area contributed by atoms with Crippen LogP contribution < -0.4 is 5.32 Å². The fraction of sp³-hybridized carbons (Fsp3) is 1.00. The normalized spacial score (nSPS) is 12.3. The number of halogens is 1. The Kier molecular flexibility index (Phi) is 25.4. The topological polar surface area (TPSA) is 32.3 Å². The molecule has 1 atom stereocenters. The fourth-order valence-electron chi connectivity index (χ4n) is 3.70. The maximum atomic E-state index is 9.66. The van der Waals surface area contributed by atoms with Crippen LogP contribution in [0.25, 0.3) is 0 Å². The Bertz CT molecular complexity index is 228. The standard InChI is InChI=1S/C23H49NO.ClH/c1-4-6-8-10-12-14-16-18-20-23(24-22(3)25)21-19-17-15-13-11-9-7-5-2;/h22-25H,4-21H2,1-3H3;1H. The lowest BCUT2D eigenvalue weighted by Gasteiger charge is -2.20. The number of hydrogen-bond acceptors (Lipinski definition) is 2. The van der Waals surface area contributed by atoms with E-state index in [4.69, 9.17) is 0 Å². The van der Waals surface area contributed by atoms with Crippen LogP contribution in [0.4, 0.5) is 0 Å². The molecule has 0 heterocycles. The van der Waals surface area contributed by atoms with Gasteiger partial charge in [-0.05, 0) is 19.8 Å². The lowest BCUT2D eigenvalue weighted by Crippen LogP contribution is -2.36. The van der Waals surface area contributed by atoms with Gasteiger partial charge in [-0.25, -0.2) is 0 Å². The molecule has 0 saturated carbocycles. The van der Waals surface area contributed by atoms with Gasteiger partial charge >= 0.3 is 0 Å². The third-order valence-corrected chi connectivity index (χ3v) is 5.29. The van der Waals surface area contributed by atoms with Crippen LogP contribution in [0.15, 0.2) is 0 Å². The molecule has 0 aliphatic heterocycles. The minimum absolute atomic E-state index is 0. The summed E-state index contributed by atoms with van der Waals surface area (Å²) in [6.45, 7) is 6.41. The van der Waals surface area contributed by atoms with Crippen molar-refractivity contribution in [3.05, 3.63) is 0 Å². The SMILES string of the molecule is CCCCCCCCCCC(CCCCCCCCCC)NC(C)O.Cl. The molecule has 0 spiro atoms. The molecule has 0 bridgehead atoms. The zero-order valence-electron chi connectivity index (χ0n) is 18.2. The average molecular weight is 392 g/mol. The van der Waals surface area contributed by atoms with Gasteiger partial charge < -0.3 is 5.11 Å². The van der Waals surface area contributed by atoms with Crippen LogP contribution >= 0.6 is 12.4 Å². The average Bonchev–Trinajstić information content (AvgIpc) is 2.58. The third-order valence-electron chi connectivity index (χ3n) is 5.29. The van der Waals surface area contributed by atoms with Gasteiger partial charge in [0.25, 0.3) is 0 Å². The lowest BCUT2D eigenvalue weighted by atomic mass is 9.99. The van der Waals surface area contributed by atoms with Crippen LogP contribution in [0.3, 0.4) is 0 Å². The third kappa shape index (κ3) is 22.3. The highest BCUT2D eigenvalue weighted by atomic mass is 35.5. The summed E-state index contributed by atoms with van der Waals surface area (Å²) in [7, 11) is 0. The molecule has 0 aliphatic carbocycles. The van der Waals surface area contributed by atoms with Gasteiger partial charge in [0.1, 0.15) is 6.23 Å². The first-order valence-electron chi connectivity index (χ1n) is 11.6. The molecule has 0 aromatic rings. The van der Waals surface area contributed by atoms with E-state index in [2.05, 4.69) is 19.2 Å². The van der Waals surface area contributed by atoms with E-state index < -0.39 is 0 Å². The van der Waals surface area contributed by atoms with Gasteiger partial charge in [-0.3, -0.25) is 5.32 Å². The Morgan fingerprint density at radius 1 is 0.577 bits per heavy atom. The first-order valence-corrected chi connectivity index (χ1v) is 11.6. The van der Waals surface area contributed by atoms with E-state index in [1.54, 1.807) is 0 Å². The molecule has 0 aromatic carbocycles. The molecular formula is C23H50ClNO. The second kappa shape index (κ2) is 23.2. The largest absolute Gasteiger partial charge is 0.379 e. The fourth-order valence-corrected chi connectivity index (χ4v) is 3.70. The second-order valence-electron chi connectivity index (χ2n) is 8.07. The summed E-state index contributed by atoms with van der Waals surface area (Å²) in [5.74, 6) is 0. The Labute approximate surface area is 171 Å².